The van der Waals surface area contributed by atoms with Crippen LogP contribution in [0.2, 0.25) is 0 Å². The Labute approximate surface area is 265 Å². The van der Waals surface area contributed by atoms with Gasteiger partial charge in [-0.05, 0) is 174 Å². The summed E-state index contributed by atoms with van der Waals surface area (Å²) in [6.07, 6.45) is 11.8. The van der Waals surface area contributed by atoms with Gasteiger partial charge in [-0.1, -0.05) is 49.0 Å². The van der Waals surface area contributed by atoms with Crippen molar-refractivity contribution in [3.63, 3.8) is 0 Å². The molecular formula is C34H82N8. The lowest BCUT2D eigenvalue weighted by atomic mass is 10.2. The zero-order chi connectivity index (χ0) is 30.5. The lowest BCUT2D eigenvalue weighted by Crippen LogP contribution is -2.23. The molecule has 1 fully saturated rings. The van der Waals surface area contributed by atoms with E-state index in [-0.39, 0.29) is 7.43 Å². The highest BCUT2D eigenvalue weighted by Gasteiger charge is 2.35. The van der Waals surface area contributed by atoms with E-state index in [2.05, 4.69) is 84.1 Å². The molecule has 1 aliphatic rings. The predicted octanol–water partition coefficient (Wildman–Crippen LogP) is 4.19. The Morgan fingerprint density at radius 2 is 0.524 bits per heavy atom. The van der Waals surface area contributed by atoms with Gasteiger partial charge in [-0.25, -0.2) is 0 Å². The smallest absolute Gasteiger partial charge is 0.00173 e. The number of unbranched alkanes of at least 4 members (excludes halogenated alkanes) is 4. The molecule has 2 atom stereocenters. The molecule has 8 N–H and O–H groups in total. The molecule has 258 valence electrons. The first-order valence-electron chi connectivity index (χ1n) is 17.9. The van der Waals surface area contributed by atoms with Crippen molar-refractivity contribution >= 4 is 0 Å². The number of hydrogen-bond donors (Lipinski definition) is 8. The maximum Gasteiger partial charge on any atom is -0.00173 e. The van der Waals surface area contributed by atoms with Crippen molar-refractivity contribution in [3.05, 3.63) is 0 Å². The van der Waals surface area contributed by atoms with E-state index >= 15 is 0 Å². The molecule has 0 spiro atoms. The molecule has 1 saturated carbocycles. The van der Waals surface area contributed by atoms with E-state index in [0.717, 1.165) is 51.1 Å². The van der Waals surface area contributed by atoms with E-state index in [1.165, 1.54) is 123 Å². The first-order chi connectivity index (χ1) is 20.2. The zero-order valence-corrected chi connectivity index (χ0v) is 28.8. The molecule has 0 aromatic carbocycles. The third-order valence-electron chi connectivity index (χ3n) is 7.21. The second-order valence-electron chi connectivity index (χ2n) is 11.1. The summed E-state index contributed by atoms with van der Waals surface area (Å²) in [5.74, 6) is 1.88. The molecule has 1 aliphatic carbocycles. The Morgan fingerprint density at radius 1 is 0.333 bits per heavy atom. The molecule has 0 aliphatic heterocycles. The number of rotatable bonds is 30. The molecule has 2 unspecified atom stereocenters. The molecule has 0 aromatic rings. The van der Waals surface area contributed by atoms with Gasteiger partial charge in [0.15, 0.2) is 0 Å². The van der Waals surface area contributed by atoms with Gasteiger partial charge in [0.05, 0.1) is 0 Å². The predicted molar refractivity (Wildman–Crippen MR) is 192 cm³/mol. The van der Waals surface area contributed by atoms with Gasteiger partial charge < -0.3 is 42.5 Å². The molecule has 8 nitrogen and oxygen atoms in total. The van der Waals surface area contributed by atoms with Crippen LogP contribution in [0.25, 0.3) is 0 Å². The van der Waals surface area contributed by atoms with Gasteiger partial charge in [-0.2, -0.15) is 0 Å². The third-order valence-corrected chi connectivity index (χ3v) is 7.21. The quantitative estimate of drug-likeness (QED) is 0.0581. The first-order valence-corrected chi connectivity index (χ1v) is 17.9. The Bertz CT molecular complexity index is 388. The van der Waals surface area contributed by atoms with Crippen molar-refractivity contribution in [3.8, 4) is 0 Å². The van der Waals surface area contributed by atoms with E-state index in [9.17, 15) is 0 Å². The van der Waals surface area contributed by atoms with Crippen LogP contribution in [0, 0.1) is 11.8 Å². The second kappa shape index (κ2) is 42.8. The maximum atomic E-state index is 3.62. The average molecular weight is 603 g/mol. The standard InChI is InChI=1S/C17H38N4.2C8H20N2.CH4/c1-3-18-9-5-7-11-20-14-16-13-17(16)15-21-12-8-6-10-19-4-2;2*1-3-9-7-5-6-8-10-4-2;/h16-21H,3-15H2,1-2H3;2*9-10H,3-8H2,1-2H3;1H4. The number of hydrogen-bond acceptors (Lipinski definition) is 8. The lowest BCUT2D eigenvalue weighted by molar-refractivity contribution is 0.531. The van der Waals surface area contributed by atoms with Crippen molar-refractivity contribution < 1.29 is 0 Å². The Kier molecular flexibility index (Phi) is 47.0. The summed E-state index contributed by atoms with van der Waals surface area (Å²) in [6.45, 7) is 31.3. The van der Waals surface area contributed by atoms with Crippen LogP contribution in [-0.2, 0) is 0 Å². The van der Waals surface area contributed by atoms with Crippen molar-refractivity contribution in [2.24, 2.45) is 11.8 Å². The monoisotopic (exact) mass is 603 g/mol. The minimum absolute atomic E-state index is 0. The van der Waals surface area contributed by atoms with Crippen molar-refractivity contribution in [2.75, 3.05) is 105 Å². The molecule has 42 heavy (non-hydrogen) atoms. The molecule has 0 saturated heterocycles. The molecule has 0 aromatic heterocycles. The van der Waals surface area contributed by atoms with Gasteiger partial charge in [0.1, 0.15) is 0 Å². The topological polar surface area (TPSA) is 96.2 Å². The van der Waals surface area contributed by atoms with Crippen molar-refractivity contribution in [1.29, 1.82) is 0 Å². The Balaban J connectivity index is -0.000000609. The van der Waals surface area contributed by atoms with Crippen LogP contribution in [-0.4, -0.2) is 105 Å². The van der Waals surface area contributed by atoms with E-state index in [1.54, 1.807) is 0 Å². The maximum absolute atomic E-state index is 3.62. The van der Waals surface area contributed by atoms with Crippen molar-refractivity contribution in [2.45, 2.75) is 107 Å². The molecule has 1 rings (SSSR count). The molecule has 0 radical (unpaired) electrons. The van der Waals surface area contributed by atoms with Crippen LogP contribution < -0.4 is 42.5 Å². The summed E-state index contributed by atoms with van der Waals surface area (Å²) in [5, 5.41) is 27.2. The second-order valence-corrected chi connectivity index (χ2v) is 11.1. The molecule has 0 heterocycles. The van der Waals surface area contributed by atoms with Gasteiger partial charge in [-0.3, -0.25) is 0 Å². The van der Waals surface area contributed by atoms with E-state index in [1.807, 2.05) is 0 Å². The van der Waals surface area contributed by atoms with E-state index in [0.29, 0.717) is 0 Å². The third kappa shape index (κ3) is 41.8. The van der Waals surface area contributed by atoms with Gasteiger partial charge in [0, 0.05) is 0 Å². The summed E-state index contributed by atoms with van der Waals surface area (Å²) < 4.78 is 0. The number of nitrogens with one attached hydrogen (secondary N) is 8. The van der Waals surface area contributed by atoms with Crippen LogP contribution in [0.4, 0.5) is 0 Å². The highest BCUT2D eigenvalue weighted by molar-refractivity contribution is 4.89. The summed E-state index contributed by atoms with van der Waals surface area (Å²) in [4.78, 5) is 0. The van der Waals surface area contributed by atoms with Crippen LogP contribution in [0.15, 0.2) is 0 Å². The summed E-state index contributed by atoms with van der Waals surface area (Å²) in [7, 11) is 0. The largest absolute Gasteiger partial charge is 0.317 e. The molecular weight excluding hydrogens is 520 g/mol. The fraction of sp³-hybridized carbons (Fsp3) is 1.00. The molecule has 8 heteroatoms. The lowest BCUT2D eigenvalue weighted by Gasteiger charge is -2.06. The van der Waals surface area contributed by atoms with E-state index in [4.69, 9.17) is 0 Å². The highest BCUT2D eigenvalue weighted by Crippen LogP contribution is 2.37. The van der Waals surface area contributed by atoms with Crippen LogP contribution in [0.1, 0.15) is 107 Å². The van der Waals surface area contributed by atoms with Gasteiger partial charge in [-0.15, -0.1) is 0 Å². The SMILES string of the molecule is C.CCNCCCCNCC.CCNCCCCNCC.CCNCCCCNCC1CC1CNCCCCNCC. The van der Waals surface area contributed by atoms with Crippen LogP contribution >= 0.6 is 0 Å². The zero-order valence-electron chi connectivity index (χ0n) is 28.8. The van der Waals surface area contributed by atoms with Crippen LogP contribution in [0.5, 0.6) is 0 Å². The first kappa shape index (κ1) is 46.1. The van der Waals surface area contributed by atoms with Gasteiger partial charge >= 0.3 is 0 Å². The minimum atomic E-state index is 0. The fourth-order valence-corrected chi connectivity index (χ4v) is 4.45. The van der Waals surface area contributed by atoms with Gasteiger partial charge in [0.25, 0.3) is 0 Å². The molecule has 0 amide bonds. The van der Waals surface area contributed by atoms with Gasteiger partial charge in [0.2, 0.25) is 0 Å². The summed E-state index contributed by atoms with van der Waals surface area (Å²) in [5.41, 5.74) is 0. The van der Waals surface area contributed by atoms with Crippen molar-refractivity contribution in [1.82, 2.24) is 42.5 Å². The molecule has 0 bridgehead atoms. The van der Waals surface area contributed by atoms with E-state index < -0.39 is 0 Å². The minimum Gasteiger partial charge on any atom is -0.317 e. The average Bonchev–Trinajstić information content (AvgIpc) is 3.74. The van der Waals surface area contributed by atoms with Crippen LogP contribution in [0.3, 0.4) is 0 Å². The fourth-order valence-electron chi connectivity index (χ4n) is 4.45. The summed E-state index contributed by atoms with van der Waals surface area (Å²) >= 11 is 0. The highest BCUT2D eigenvalue weighted by atomic mass is 14.9. The summed E-state index contributed by atoms with van der Waals surface area (Å²) in [6, 6.07) is 0. The normalized spacial score (nSPS) is 15.3. The Morgan fingerprint density at radius 3 is 0.714 bits per heavy atom. The Hall–Kier alpha value is -0.320.